The van der Waals surface area contributed by atoms with Crippen LogP contribution in [-0.4, -0.2) is 35.4 Å². The highest BCUT2D eigenvalue weighted by Gasteiger charge is 2.42. The lowest BCUT2D eigenvalue weighted by Gasteiger charge is -2.22. The zero-order valence-corrected chi connectivity index (χ0v) is 14.3. The largest absolute Gasteiger partial charge is 0.503 e. The minimum Gasteiger partial charge on any atom is -0.503 e. The monoisotopic (exact) mass is 341 g/mol. The van der Waals surface area contributed by atoms with Gasteiger partial charge in [-0.15, -0.1) is 0 Å². The van der Waals surface area contributed by atoms with Gasteiger partial charge in [-0.25, -0.2) is 0 Å². The van der Waals surface area contributed by atoms with Crippen LogP contribution in [0.25, 0.3) is 0 Å². The Bertz CT molecular complexity index is 847. The number of aryl methyl sites for hydroxylation is 1. The van der Waals surface area contributed by atoms with E-state index in [4.69, 9.17) is 9.15 Å². The molecule has 6 heteroatoms. The number of hydrogen-bond acceptors (Lipinski definition) is 5. The standard InChI is InChI=1S/C19H19NO5/c1-4-24-13-8-6-12(7-9-13)16-15(18(22)19(23)20(16)3)17(21)14-10-5-11(2)25-14/h5-10,16,22H,4H2,1-3H3. The van der Waals surface area contributed by atoms with E-state index >= 15 is 0 Å². The Morgan fingerprint density at radius 2 is 1.92 bits per heavy atom. The summed E-state index contributed by atoms with van der Waals surface area (Å²) in [5, 5.41) is 10.2. The molecule has 3 rings (SSSR count). The summed E-state index contributed by atoms with van der Waals surface area (Å²) < 4.78 is 10.8. The minimum atomic E-state index is -0.680. The second-order valence-corrected chi connectivity index (χ2v) is 5.82. The van der Waals surface area contributed by atoms with E-state index < -0.39 is 23.5 Å². The van der Waals surface area contributed by atoms with Crippen molar-refractivity contribution in [3.8, 4) is 5.75 Å². The molecule has 25 heavy (non-hydrogen) atoms. The Morgan fingerprint density at radius 3 is 2.48 bits per heavy atom. The molecule has 1 unspecified atom stereocenters. The lowest BCUT2D eigenvalue weighted by atomic mass is 9.95. The van der Waals surface area contributed by atoms with Crippen molar-refractivity contribution in [2.75, 3.05) is 13.7 Å². The third kappa shape index (κ3) is 2.91. The molecule has 1 amide bonds. The summed E-state index contributed by atoms with van der Waals surface area (Å²) in [5.74, 6) is -0.258. The van der Waals surface area contributed by atoms with Crippen LogP contribution in [0.2, 0.25) is 0 Å². The van der Waals surface area contributed by atoms with Gasteiger partial charge in [0.15, 0.2) is 11.5 Å². The van der Waals surface area contributed by atoms with Crippen LogP contribution in [-0.2, 0) is 4.79 Å². The molecule has 6 nitrogen and oxygen atoms in total. The average molecular weight is 341 g/mol. The summed E-state index contributed by atoms with van der Waals surface area (Å²) in [6, 6.07) is 9.61. The van der Waals surface area contributed by atoms with Gasteiger partial charge >= 0.3 is 0 Å². The molecule has 0 saturated carbocycles. The van der Waals surface area contributed by atoms with Gasteiger partial charge in [0, 0.05) is 7.05 Å². The third-order valence-electron chi connectivity index (χ3n) is 4.15. The summed E-state index contributed by atoms with van der Waals surface area (Å²) in [4.78, 5) is 26.4. The molecular weight excluding hydrogens is 322 g/mol. The van der Waals surface area contributed by atoms with Crippen LogP contribution >= 0.6 is 0 Å². The second-order valence-electron chi connectivity index (χ2n) is 5.82. The molecule has 1 aliphatic heterocycles. The maximum atomic E-state index is 12.8. The Labute approximate surface area is 145 Å². The maximum Gasteiger partial charge on any atom is 0.289 e. The normalized spacial score (nSPS) is 17.3. The van der Waals surface area contributed by atoms with Crippen molar-refractivity contribution < 1.29 is 23.8 Å². The van der Waals surface area contributed by atoms with Crippen LogP contribution < -0.4 is 4.74 Å². The van der Waals surface area contributed by atoms with Crippen LogP contribution in [0.3, 0.4) is 0 Å². The number of ketones is 1. The van der Waals surface area contributed by atoms with Crippen molar-refractivity contribution in [2.45, 2.75) is 19.9 Å². The van der Waals surface area contributed by atoms with Crippen LogP contribution in [0.4, 0.5) is 0 Å². The van der Waals surface area contributed by atoms with Gasteiger partial charge in [0.25, 0.3) is 5.91 Å². The molecule has 0 radical (unpaired) electrons. The fraction of sp³-hybridized carbons (Fsp3) is 0.263. The summed E-state index contributed by atoms with van der Waals surface area (Å²) in [7, 11) is 1.55. The van der Waals surface area contributed by atoms with Crippen LogP contribution in [0.1, 0.15) is 34.8 Å². The summed E-state index contributed by atoms with van der Waals surface area (Å²) in [6.07, 6.45) is 0. The fourth-order valence-corrected chi connectivity index (χ4v) is 2.95. The smallest absolute Gasteiger partial charge is 0.289 e. The van der Waals surface area contributed by atoms with Crippen molar-refractivity contribution in [2.24, 2.45) is 0 Å². The molecule has 1 N–H and O–H groups in total. The molecule has 130 valence electrons. The number of nitrogens with zero attached hydrogens (tertiary/aromatic N) is 1. The van der Waals surface area contributed by atoms with Gasteiger partial charge < -0.3 is 19.2 Å². The molecule has 1 aromatic heterocycles. The number of amides is 1. The van der Waals surface area contributed by atoms with E-state index in [2.05, 4.69) is 0 Å². The van der Waals surface area contributed by atoms with Gasteiger partial charge in [-0.05, 0) is 43.7 Å². The SMILES string of the molecule is CCOc1ccc(C2C(C(=O)c3ccc(C)o3)=C(O)C(=O)N2C)cc1. The van der Waals surface area contributed by atoms with E-state index in [9.17, 15) is 14.7 Å². The van der Waals surface area contributed by atoms with Crippen molar-refractivity contribution >= 4 is 11.7 Å². The van der Waals surface area contributed by atoms with E-state index in [1.807, 2.05) is 6.92 Å². The number of furan rings is 1. The summed E-state index contributed by atoms with van der Waals surface area (Å²) in [6.45, 7) is 4.16. The number of likely N-dealkylation sites (N-methyl/N-ethyl adjacent to an activating group) is 1. The quantitative estimate of drug-likeness (QED) is 0.845. The number of aliphatic hydroxyl groups excluding tert-OH is 1. The predicted molar refractivity (Wildman–Crippen MR) is 90.6 cm³/mol. The Morgan fingerprint density at radius 1 is 1.24 bits per heavy atom. The number of carbonyl (C=O) groups excluding carboxylic acids is 2. The average Bonchev–Trinajstić information content (AvgIpc) is 3.13. The molecule has 0 spiro atoms. The first kappa shape index (κ1) is 16.8. The number of ether oxygens (including phenoxy) is 1. The molecule has 0 aliphatic carbocycles. The lowest BCUT2D eigenvalue weighted by molar-refractivity contribution is -0.128. The van der Waals surface area contributed by atoms with E-state index in [0.29, 0.717) is 23.7 Å². The summed E-state index contributed by atoms with van der Waals surface area (Å²) in [5.41, 5.74) is 0.723. The van der Waals surface area contributed by atoms with E-state index in [1.54, 1.807) is 44.3 Å². The highest BCUT2D eigenvalue weighted by atomic mass is 16.5. The van der Waals surface area contributed by atoms with E-state index in [0.717, 1.165) is 0 Å². The Hall–Kier alpha value is -3.02. The van der Waals surface area contributed by atoms with Crippen molar-refractivity contribution in [1.82, 2.24) is 4.90 Å². The zero-order chi connectivity index (χ0) is 18.1. The fourth-order valence-electron chi connectivity index (χ4n) is 2.95. The number of carbonyl (C=O) groups is 2. The number of benzene rings is 1. The Kier molecular flexibility index (Phi) is 4.35. The lowest BCUT2D eigenvalue weighted by Crippen LogP contribution is -2.26. The topological polar surface area (TPSA) is 80.0 Å². The van der Waals surface area contributed by atoms with Crippen molar-refractivity contribution in [3.63, 3.8) is 0 Å². The van der Waals surface area contributed by atoms with E-state index in [-0.39, 0.29) is 11.3 Å². The first-order chi connectivity index (χ1) is 11.9. The molecule has 0 bridgehead atoms. The molecule has 0 fully saturated rings. The summed E-state index contributed by atoms with van der Waals surface area (Å²) >= 11 is 0. The molecule has 1 aliphatic rings. The molecule has 2 aromatic rings. The van der Waals surface area contributed by atoms with Crippen LogP contribution in [0, 0.1) is 6.92 Å². The first-order valence-electron chi connectivity index (χ1n) is 7.98. The molecule has 1 aromatic carbocycles. The molecular formula is C19H19NO5. The predicted octanol–water partition coefficient (Wildman–Crippen LogP) is 3.19. The minimum absolute atomic E-state index is 0.0195. The number of aliphatic hydroxyl groups is 1. The van der Waals surface area contributed by atoms with Crippen LogP contribution in [0.15, 0.2) is 52.1 Å². The Balaban J connectivity index is 2.01. The zero-order valence-electron chi connectivity index (χ0n) is 14.3. The van der Waals surface area contributed by atoms with Crippen molar-refractivity contribution in [1.29, 1.82) is 0 Å². The molecule has 1 atom stereocenters. The first-order valence-corrected chi connectivity index (χ1v) is 7.98. The van der Waals surface area contributed by atoms with Gasteiger partial charge in [0.2, 0.25) is 5.78 Å². The second kappa shape index (κ2) is 6.47. The van der Waals surface area contributed by atoms with Gasteiger partial charge in [0.05, 0.1) is 18.2 Å². The highest BCUT2D eigenvalue weighted by molar-refractivity contribution is 6.14. The number of Topliss-reactive ketones (excluding diaryl/α,β-unsaturated/α-hetero) is 1. The number of hydrogen-bond donors (Lipinski definition) is 1. The van der Waals surface area contributed by atoms with Gasteiger partial charge in [-0.3, -0.25) is 9.59 Å². The highest BCUT2D eigenvalue weighted by Crippen LogP contribution is 2.38. The van der Waals surface area contributed by atoms with Gasteiger partial charge in [0.1, 0.15) is 11.5 Å². The van der Waals surface area contributed by atoms with Crippen LogP contribution in [0.5, 0.6) is 5.75 Å². The van der Waals surface area contributed by atoms with Gasteiger partial charge in [-0.2, -0.15) is 0 Å². The van der Waals surface area contributed by atoms with Crippen molar-refractivity contribution in [3.05, 3.63) is 64.8 Å². The molecule has 0 saturated heterocycles. The van der Waals surface area contributed by atoms with Gasteiger partial charge in [-0.1, -0.05) is 12.1 Å². The van der Waals surface area contributed by atoms with E-state index in [1.165, 1.54) is 11.0 Å². The third-order valence-corrected chi connectivity index (χ3v) is 4.15. The maximum absolute atomic E-state index is 12.8. The number of rotatable bonds is 5. The molecule has 2 heterocycles.